The third kappa shape index (κ3) is 9.78. The van der Waals surface area contributed by atoms with Crippen LogP contribution < -0.4 is 74.2 Å². The number of phosphoric ester groups is 1. The van der Waals surface area contributed by atoms with Gasteiger partial charge in [0.2, 0.25) is 5.91 Å². The van der Waals surface area contributed by atoms with E-state index in [0.29, 0.717) is 0 Å². The molecule has 0 radical (unpaired) electrons. The number of nitrogens with zero attached hydrogens (tertiary/aromatic N) is 1. The number of carbonyl (C=O) groups excluding carboxylic acids is 2. The first kappa shape index (κ1) is 32.2. The smallest absolute Gasteiger partial charge is 0.756 e. The van der Waals surface area contributed by atoms with E-state index < -0.39 is 66.6 Å². The fourth-order valence-corrected chi connectivity index (χ4v) is 5.36. The summed E-state index contributed by atoms with van der Waals surface area (Å²) in [7, 11) is -17.4. The van der Waals surface area contributed by atoms with Gasteiger partial charge in [-0.25, -0.2) is 18.0 Å². The molecule has 168 valence electrons. The van der Waals surface area contributed by atoms with Crippen LogP contribution in [-0.2, 0) is 36.4 Å². The molecule has 7 atom stereocenters. The van der Waals surface area contributed by atoms with Crippen LogP contribution in [0.25, 0.3) is 0 Å². The maximum atomic E-state index is 11.8. The molecule has 0 aliphatic carbocycles. The summed E-state index contributed by atoms with van der Waals surface area (Å²) >= 11 is 0. The van der Waals surface area contributed by atoms with Gasteiger partial charge in [-0.2, -0.15) is 0 Å². The molecule has 5 N–H and O–H groups in total. The normalized spacial score (nSPS) is 32.0. The van der Waals surface area contributed by atoms with Crippen molar-refractivity contribution in [2.75, 3.05) is 13.2 Å². The number of urea groups is 1. The van der Waals surface area contributed by atoms with Gasteiger partial charge in [0, 0.05) is 13.0 Å². The monoisotopic (exact) mass is 530 g/mol. The van der Waals surface area contributed by atoms with Crippen LogP contribution in [-0.4, -0.2) is 74.5 Å². The minimum Gasteiger partial charge on any atom is -0.756 e. The van der Waals surface area contributed by atoms with E-state index in [1.165, 1.54) is 0 Å². The van der Waals surface area contributed by atoms with Crippen LogP contribution in [0.1, 0.15) is 6.42 Å². The van der Waals surface area contributed by atoms with E-state index in [9.17, 15) is 43.3 Å². The molecule has 22 heteroatoms. The summed E-state index contributed by atoms with van der Waals surface area (Å²) in [5.41, 5.74) is 0. The molecule has 2 aliphatic heterocycles. The van der Waals surface area contributed by atoms with Gasteiger partial charge < -0.3 is 39.0 Å². The van der Waals surface area contributed by atoms with Crippen molar-refractivity contribution in [2.24, 2.45) is 0 Å². The van der Waals surface area contributed by atoms with Crippen LogP contribution in [0.4, 0.5) is 4.79 Å². The summed E-state index contributed by atoms with van der Waals surface area (Å²) in [6, 6.07) is -0.929. The molecule has 2 saturated heterocycles. The molecule has 0 aromatic heterocycles. The summed E-state index contributed by atoms with van der Waals surface area (Å²) in [6.45, 7) is -1.27. The van der Waals surface area contributed by atoms with Gasteiger partial charge in [-0.3, -0.25) is 24.1 Å². The minimum absolute atomic E-state index is 0. The molecule has 17 nitrogen and oxygen atoms in total. The number of aliphatic hydroxyl groups is 2. The number of ether oxygens (including phenoxy) is 1. The SMILES string of the molecule is O=C1CCN([C@@H]2O[C@H](COP(=O)([O-])OP(=O)(O)OP(=O)([O-])O)[C@@H](O)[C@H]2O)C(=O)N1.[Na+].[Na+]. The Morgan fingerprint density at radius 3 is 2.19 bits per heavy atom. The first-order valence-electron chi connectivity index (χ1n) is 7.47. The number of imide groups is 1. The largest absolute Gasteiger partial charge is 1.00 e. The van der Waals surface area contributed by atoms with Gasteiger partial charge in [-0.15, -0.1) is 0 Å². The Morgan fingerprint density at radius 1 is 1.10 bits per heavy atom. The van der Waals surface area contributed by atoms with Gasteiger partial charge in [0.15, 0.2) is 6.23 Å². The Kier molecular flexibility index (Phi) is 12.8. The van der Waals surface area contributed by atoms with E-state index in [-0.39, 0.29) is 72.1 Å². The molecule has 0 bridgehead atoms. The minimum atomic E-state index is -5.84. The molecular formula is C9H15N2Na2O15P3. The first-order valence-corrected chi connectivity index (χ1v) is 11.9. The molecule has 0 saturated carbocycles. The fraction of sp³-hybridized carbons (Fsp3) is 0.778. The maximum Gasteiger partial charge on any atom is 1.00 e. The molecular weight excluding hydrogens is 515 g/mol. The number of aliphatic hydroxyl groups excluding tert-OH is 2. The van der Waals surface area contributed by atoms with Crippen LogP contribution in [0.3, 0.4) is 0 Å². The van der Waals surface area contributed by atoms with Crippen molar-refractivity contribution in [3.63, 3.8) is 0 Å². The van der Waals surface area contributed by atoms with Crippen molar-refractivity contribution in [3.8, 4) is 0 Å². The van der Waals surface area contributed by atoms with Crippen molar-refractivity contribution in [1.82, 2.24) is 10.2 Å². The van der Waals surface area contributed by atoms with Crippen molar-refractivity contribution in [3.05, 3.63) is 0 Å². The van der Waals surface area contributed by atoms with Crippen molar-refractivity contribution >= 4 is 35.4 Å². The molecule has 2 fully saturated rings. The molecule has 2 rings (SSSR count). The number of amides is 3. The van der Waals surface area contributed by atoms with Gasteiger partial charge in [-0.05, 0) is 0 Å². The topological polar surface area (TPSA) is 265 Å². The van der Waals surface area contributed by atoms with E-state index in [0.717, 1.165) is 4.90 Å². The first-order chi connectivity index (χ1) is 13.1. The number of phosphoric acid groups is 3. The van der Waals surface area contributed by atoms with Gasteiger partial charge in [-0.1, -0.05) is 0 Å². The summed E-state index contributed by atoms with van der Waals surface area (Å²) in [4.78, 5) is 63.0. The average Bonchev–Trinajstić information content (AvgIpc) is 2.78. The molecule has 0 spiro atoms. The summed E-state index contributed by atoms with van der Waals surface area (Å²) in [5, 5.41) is 21.9. The quantitative estimate of drug-likeness (QED) is 0.144. The second-order valence-corrected chi connectivity index (χ2v) is 10.0. The van der Waals surface area contributed by atoms with Gasteiger partial charge in [0.25, 0.3) is 15.6 Å². The second-order valence-electron chi connectivity index (χ2n) is 5.69. The third-order valence-corrected chi connectivity index (χ3v) is 7.28. The van der Waals surface area contributed by atoms with E-state index in [4.69, 9.17) is 14.5 Å². The third-order valence-electron chi connectivity index (χ3n) is 3.54. The fourth-order valence-electron chi connectivity index (χ4n) is 2.40. The predicted molar refractivity (Wildman–Crippen MR) is 80.9 cm³/mol. The number of rotatable bonds is 8. The molecule has 3 unspecified atom stereocenters. The molecule has 3 amide bonds. The van der Waals surface area contributed by atoms with Crippen LogP contribution in [0.5, 0.6) is 0 Å². The number of carbonyl (C=O) groups is 2. The zero-order chi connectivity index (χ0) is 22.2. The Labute approximate surface area is 218 Å². The Morgan fingerprint density at radius 2 is 1.68 bits per heavy atom. The van der Waals surface area contributed by atoms with E-state index in [2.05, 4.69) is 13.1 Å². The van der Waals surface area contributed by atoms with E-state index in [1.54, 1.807) is 0 Å². The molecule has 2 heterocycles. The van der Waals surface area contributed by atoms with Crippen LogP contribution in [0.15, 0.2) is 0 Å². The summed E-state index contributed by atoms with van der Waals surface area (Å²) in [6.07, 6.45) is -6.72. The standard InChI is InChI=1S/C9H17N2O15P3.2Na/c12-5-1-2-11(9(15)10-5)8-7(14)6(13)4(24-8)3-23-28(19,20)26-29(21,22)25-27(16,17)18;;/h4,6-8,13-14H,1-3H2,(H,19,20)(H,21,22)(H,10,12,15)(H2,16,17,18);;/q;2*+1/p-2/t4-,6-,7-,8-;;/m1../s1. The molecule has 2 aliphatic rings. The summed E-state index contributed by atoms with van der Waals surface area (Å²) < 4.78 is 49.2. The van der Waals surface area contributed by atoms with Gasteiger partial charge in [0.05, 0.1) is 6.61 Å². The Balaban J connectivity index is 0.00000450. The van der Waals surface area contributed by atoms with Gasteiger partial charge >= 0.3 is 73.0 Å². The average molecular weight is 530 g/mol. The molecule has 0 aromatic rings. The number of nitrogens with one attached hydrogen (secondary N) is 1. The van der Waals surface area contributed by atoms with Crippen LogP contribution in [0.2, 0.25) is 0 Å². The maximum absolute atomic E-state index is 11.8. The van der Waals surface area contributed by atoms with Crippen LogP contribution in [0, 0.1) is 0 Å². The Bertz CT molecular complexity index is 809. The molecule has 31 heavy (non-hydrogen) atoms. The second kappa shape index (κ2) is 12.3. The zero-order valence-corrected chi connectivity index (χ0v) is 22.7. The summed E-state index contributed by atoms with van der Waals surface area (Å²) in [5.74, 6) is -0.579. The Hall–Kier alpha value is 1.23. The van der Waals surface area contributed by atoms with E-state index >= 15 is 0 Å². The zero-order valence-electron chi connectivity index (χ0n) is 16.0. The number of hydrogen-bond acceptors (Lipinski definition) is 13. The van der Waals surface area contributed by atoms with Crippen LogP contribution >= 0.6 is 23.5 Å². The van der Waals surface area contributed by atoms with Crippen molar-refractivity contribution in [2.45, 2.75) is 31.0 Å². The van der Waals surface area contributed by atoms with Crippen molar-refractivity contribution in [1.29, 1.82) is 0 Å². The predicted octanol–water partition coefficient (Wildman–Crippen LogP) is -9.54. The van der Waals surface area contributed by atoms with E-state index in [1.807, 2.05) is 5.32 Å². The number of hydrogen-bond donors (Lipinski definition) is 5. The van der Waals surface area contributed by atoms with Gasteiger partial charge in [0.1, 0.15) is 18.3 Å². The molecule has 0 aromatic carbocycles. The van der Waals surface area contributed by atoms with Crippen molar-refractivity contribution < 1.29 is 130 Å².